The van der Waals surface area contributed by atoms with E-state index in [1.807, 2.05) is 25.1 Å². The van der Waals surface area contributed by atoms with Gasteiger partial charge in [0.1, 0.15) is 0 Å². The highest BCUT2D eigenvalue weighted by atomic mass is 32.1. The molecule has 0 radical (unpaired) electrons. The van der Waals surface area contributed by atoms with E-state index < -0.39 is 0 Å². The van der Waals surface area contributed by atoms with Crippen LogP contribution in [0.4, 0.5) is 0 Å². The first-order chi connectivity index (χ1) is 11.5. The molecule has 0 saturated carbocycles. The van der Waals surface area contributed by atoms with Crippen LogP contribution in [0.25, 0.3) is 0 Å². The average Bonchev–Trinajstić information content (AvgIpc) is 2.93. The number of nitrogens with zero attached hydrogens (tertiary/aromatic N) is 2. The molecule has 128 valence electrons. The van der Waals surface area contributed by atoms with Gasteiger partial charge in [-0.3, -0.25) is 14.5 Å². The van der Waals surface area contributed by atoms with Crippen LogP contribution in [0.2, 0.25) is 0 Å². The number of carbonyl (C=O) groups excluding carboxylic acids is 2. The van der Waals surface area contributed by atoms with Crippen molar-refractivity contribution in [2.75, 3.05) is 33.7 Å². The van der Waals surface area contributed by atoms with Crippen LogP contribution in [0.5, 0.6) is 0 Å². The predicted molar refractivity (Wildman–Crippen MR) is 95.1 cm³/mol. The number of amides is 2. The summed E-state index contributed by atoms with van der Waals surface area (Å²) in [4.78, 5) is 30.0. The summed E-state index contributed by atoms with van der Waals surface area (Å²) in [5, 5.41) is 3.02. The molecule has 3 rings (SSSR count). The number of rotatable bonds is 3. The summed E-state index contributed by atoms with van der Waals surface area (Å²) in [5.74, 6) is 5.31. The third-order valence-electron chi connectivity index (χ3n) is 4.31. The van der Waals surface area contributed by atoms with Gasteiger partial charge in [0.25, 0.3) is 11.8 Å². The number of hydrogen-bond donors (Lipinski definition) is 1. The van der Waals surface area contributed by atoms with E-state index in [4.69, 9.17) is 0 Å². The average molecular weight is 345 g/mol. The fourth-order valence-electron chi connectivity index (χ4n) is 2.95. The van der Waals surface area contributed by atoms with Crippen LogP contribution in [0, 0.1) is 11.8 Å². The first-order valence-electron chi connectivity index (χ1n) is 8.38. The van der Waals surface area contributed by atoms with Crippen molar-refractivity contribution in [2.24, 2.45) is 0 Å². The molecule has 1 N–H and O–H groups in total. The van der Waals surface area contributed by atoms with E-state index in [1.165, 1.54) is 23.3 Å². The maximum absolute atomic E-state index is 12.4. The van der Waals surface area contributed by atoms with Crippen LogP contribution in [0.3, 0.4) is 0 Å². The number of thiophene rings is 1. The number of aryl methyl sites for hydroxylation is 2. The van der Waals surface area contributed by atoms with Crippen LogP contribution in [0.15, 0.2) is 6.07 Å². The lowest BCUT2D eigenvalue weighted by molar-refractivity contribution is -0.129. The summed E-state index contributed by atoms with van der Waals surface area (Å²) < 4.78 is 0. The van der Waals surface area contributed by atoms with Gasteiger partial charge in [-0.1, -0.05) is 5.92 Å². The largest absolute Gasteiger partial charge is 0.345 e. The van der Waals surface area contributed by atoms with Gasteiger partial charge in [-0.2, -0.15) is 0 Å². The summed E-state index contributed by atoms with van der Waals surface area (Å²) in [6.07, 6.45) is 4.64. The van der Waals surface area contributed by atoms with Crippen molar-refractivity contribution in [2.45, 2.75) is 31.7 Å². The van der Waals surface area contributed by atoms with E-state index in [1.54, 1.807) is 16.2 Å². The van der Waals surface area contributed by atoms with E-state index in [-0.39, 0.29) is 17.9 Å². The number of carbonyl (C=O) groups is 2. The molecule has 0 bridgehead atoms. The Morgan fingerprint density at radius 1 is 1.33 bits per heavy atom. The molecule has 1 aromatic rings. The molecule has 1 fully saturated rings. The monoisotopic (exact) mass is 345 g/mol. The van der Waals surface area contributed by atoms with Gasteiger partial charge in [-0.05, 0) is 57.3 Å². The van der Waals surface area contributed by atoms with Crippen molar-refractivity contribution in [3.05, 3.63) is 21.4 Å². The molecule has 1 aliphatic carbocycles. The van der Waals surface area contributed by atoms with Crippen LogP contribution in [-0.2, 0) is 17.6 Å². The van der Waals surface area contributed by atoms with Crippen molar-refractivity contribution < 1.29 is 9.59 Å². The van der Waals surface area contributed by atoms with Crippen molar-refractivity contribution in [3.63, 3.8) is 0 Å². The molecule has 1 aromatic heterocycles. The second-order valence-corrected chi connectivity index (χ2v) is 7.82. The lowest BCUT2D eigenvalue weighted by Gasteiger charge is -2.38. The lowest BCUT2D eigenvalue weighted by Crippen LogP contribution is -2.60. The molecular weight excluding hydrogens is 322 g/mol. The van der Waals surface area contributed by atoms with Crippen molar-refractivity contribution in [3.8, 4) is 11.8 Å². The Hall–Kier alpha value is -1.84. The molecule has 0 atom stereocenters. The lowest BCUT2D eigenvalue weighted by atomic mass is 9.99. The van der Waals surface area contributed by atoms with Crippen molar-refractivity contribution in [1.29, 1.82) is 0 Å². The first-order valence-corrected chi connectivity index (χ1v) is 9.19. The summed E-state index contributed by atoms with van der Waals surface area (Å²) in [6.45, 7) is 1.67. The molecule has 0 unspecified atom stereocenters. The highest BCUT2D eigenvalue weighted by molar-refractivity contribution is 7.14. The van der Waals surface area contributed by atoms with Gasteiger partial charge in [-0.15, -0.1) is 11.3 Å². The zero-order valence-electron chi connectivity index (χ0n) is 14.2. The van der Waals surface area contributed by atoms with Gasteiger partial charge in [0, 0.05) is 18.0 Å². The fraction of sp³-hybridized carbons (Fsp3) is 0.556. The molecule has 1 saturated heterocycles. The summed E-state index contributed by atoms with van der Waals surface area (Å²) in [6, 6.07) is 2.08. The van der Waals surface area contributed by atoms with E-state index in [9.17, 15) is 9.59 Å². The number of hydrogen-bond acceptors (Lipinski definition) is 4. The maximum Gasteiger partial charge on any atom is 0.298 e. The molecule has 1 aliphatic heterocycles. The normalized spacial score (nSPS) is 16.9. The Morgan fingerprint density at radius 2 is 2.08 bits per heavy atom. The summed E-state index contributed by atoms with van der Waals surface area (Å²) in [5.41, 5.74) is 1.35. The minimum Gasteiger partial charge on any atom is -0.345 e. The smallest absolute Gasteiger partial charge is 0.298 e. The van der Waals surface area contributed by atoms with E-state index in [0.29, 0.717) is 19.6 Å². The van der Waals surface area contributed by atoms with Crippen molar-refractivity contribution >= 4 is 23.2 Å². The van der Waals surface area contributed by atoms with Crippen LogP contribution < -0.4 is 5.32 Å². The molecular formula is C18H23N3O2S. The SMILES string of the molecule is CN(C)CC#CC(=O)N1CC(NC(=O)c2cc3c(s2)CCCC3)C1. The predicted octanol–water partition coefficient (Wildman–Crippen LogP) is 1.13. The first kappa shape index (κ1) is 17.0. The van der Waals surface area contributed by atoms with Crippen LogP contribution in [-0.4, -0.2) is 61.4 Å². The third-order valence-corrected chi connectivity index (χ3v) is 5.55. The number of likely N-dealkylation sites (tertiary alicyclic amines) is 1. The molecule has 0 spiro atoms. The zero-order chi connectivity index (χ0) is 17.1. The minimum atomic E-state index is -0.158. The third kappa shape index (κ3) is 3.97. The number of nitrogens with one attached hydrogen (secondary N) is 1. The zero-order valence-corrected chi connectivity index (χ0v) is 15.0. The van der Waals surface area contributed by atoms with E-state index in [0.717, 1.165) is 17.7 Å². The Morgan fingerprint density at radius 3 is 2.79 bits per heavy atom. The Labute approximate surface area is 147 Å². The molecule has 2 amide bonds. The van der Waals surface area contributed by atoms with Gasteiger partial charge < -0.3 is 10.2 Å². The topological polar surface area (TPSA) is 52.7 Å². The van der Waals surface area contributed by atoms with Crippen LogP contribution in [0.1, 0.15) is 33.0 Å². The molecule has 2 aliphatic rings. The second-order valence-electron chi connectivity index (χ2n) is 6.69. The minimum absolute atomic E-state index is 0.00908. The Bertz CT molecular complexity index is 669. The Kier molecular flexibility index (Phi) is 5.22. The van der Waals surface area contributed by atoms with E-state index in [2.05, 4.69) is 17.2 Å². The Balaban J connectivity index is 1.46. The van der Waals surface area contributed by atoms with Gasteiger partial charge in [0.15, 0.2) is 0 Å². The van der Waals surface area contributed by atoms with Crippen molar-refractivity contribution in [1.82, 2.24) is 15.1 Å². The van der Waals surface area contributed by atoms with Gasteiger partial charge in [-0.25, -0.2) is 0 Å². The fourth-order valence-corrected chi connectivity index (χ4v) is 4.10. The van der Waals surface area contributed by atoms with Crippen LogP contribution >= 0.6 is 11.3 Å². The molecule has 2 heterocycles. The van der Waals surface area contributed by atoms with E-state index >= 15 is 0 Å². The second kappa shape index (κ2) is 7.37. The standard InChI is InChI=1S/C18H23N3O2S/c1-20(2)9-5-8-17(22)21-11-14(12-21)19-18(23)16-10-13-6-3-4-7-15(13)24-16/h10,14H,3-4,6-7,9,11-12H2,1-2H3,(H,19,23). The highest BCUT2D eigenvalue weighted by Gasteiger charge is 2.31. The quantitative estimate of drug-likeness (QED) is 0.836. The summed E-state index contributed by atoms with van der Waals surface area (Å²) >= 11 is 1.62. The summed E-state index contributed by atoms with van der Waals surface area (Å²) in [7, 11) is 3.83. The molecule has 6 heteroatoms. The van der Waals surface area contributed by atoms with Gasteiger partial charge in [0.2, 0.25) is 0 Å². The maximum atomic E-state index is 12.4. The van der Waals surface area contributed by atoms with Gasteiger partial charge >= 0.3 is 0 Å². The highest BCUT2D eigenvalue weighted by Crippen LogP contribution is 2.29. The number of fused-ring (bicyclic) bond motifs is 1. The molecule has 24 heavy (non-hydrogen) atoms. The molecule has 0 aromatic carbocycles. The molecule has 5 nitrogen and oxygen atoms in total. The van der Waals surface area contributed by atoms with Gasteiger partial charge in [0.05, 0.1) is 17.5 Å².